The maximum Gasteiger partial charge on any atom is 0.262 e. The Bertz CT molecular complexity index is 1260. The van der Waals surface area contributed by atoms with Gasteiger partial charge in [-0.1, -0.05) is 54.6 Å². The van der Waals surface area contributed by atoms with E-state index in [1.807, 2.05) is 31.2 Å². The number of nitrogens with one attached hydrogen (secondary N) is 2. The first-order valence-electron chi connectivity index (χ1n) is 10.9. The highest BCUT2D eigenvalue weighted by Crippen LogP contribution is 2.50. The fraction of sp³-hybridized carbons (Fsp3) is 0.231. The fourth-order valence-corrected chi connectivity index (χ4v) is 5.87. The van der Waals surface area contributed by atoms with Crippen molar-refractivity contribution >= 4 is 21.4 Å². The third-order valence-corrected chi connectivity index (χ3v) is 7.60. The normalized spacial score (nSPS) is 21.3. The zero-order chi connectivity index (χ0) is 22.1. The molecule has 0 radical (unpaired) electrons. The molecule has 0 unspecified atom stereocenters. The zero-order valence-electron chi connectivity index (χ0n) is 17.9. The van der Waals surface area contributed by atoms with Gasteiger partial charge in [-0.05, 0) is 60.7 Å². The lowest BCUT2D eigenvalue weighted by atomic mass is 9.77. The molecule has 5 nitrogen and oxygen atoms in total. The van der Waals surface area contributed by atoms with E-state index in [2.05, 4.69) is 46.5 Å². The predicted octanol–water partition coefficient (Wildman–Crippen LogP) is 5.71. The van der Waals surface area contributed by atoms with Crippen molar-refractivity contribution in [2.75, 3.05) is 16.6 Å². The third-order valence-electron chi connectivity index (χ3n) is 6.23. The maximum absolute atomic E-state index is 13.2. The standard InChI is InChI=1S/C26H26N2O3S/c1-2-31-25-14-7-6-13-24(25)28-32(29,30)19-15-16-23-22(17-19)20-11-8-12-21(20)26(27-23)18-9-4-3-5-10-18/h3-11,13-17,20-21,26-28H,2,12H2,1H3/t20-,21+,26+/m0/s1. The van der Waals surface area contributed by atoms with E-state index in [9.17, 15) is 8.42 Å². The Balaban J connectivity index is 1.48. The van der Waals surface area contributed by atoms with Crippen molar-refractivity contribution in [3.8, 4) is 5.75 Å². The van der Waals surface area contributed by atoms with Crippen LogP contribution in [0.3, 0.4) is 0 Å². The average molecular weight is 447 g/mol. The minimum Gasteiger partial charge on any atom is -0.492 e. The average Bonchev–Trinajstić information content (AvgIpc) is 3.30. The van der Waals surface area contributed by atoms with Gasteiger partial charge in [0.2, 0.25) is 0 Å². The fourth-order valence-electron chi connectivity index (χ4n) is 4.77. The molecule has 1 heterocycles. The molecule has 3 atom stereocenters. The number of allylic oxidation sites excluding steroid dienone is 2. The molecule has 0 amide bonds. The summed E-state index contributed by atoms with van der Waals surface area (Å²) in [6, 6.07) is 23.1. The van der Waals surface area contributed by atoms with Gasteiger partial charge in [0.15, 0.2) is 0 Å². The Morgan fingerprint density at radius 2 is 1.81 bits per heavy atom. The summed E-state index contributed by atoms with van der Waals surface area (Å²) in [5.74, 6) is 1.06. The molecule has 2 aliphatic rings. The van der Waals surface area contributed by atoms with Crippen LogP contribution in [0.4, 0.5) is 11.4 Å². The van der Waals surface area contributed by atoms with Crippen LogP contribution in [-0.4, -0.2) is 15.0 Å². The number of hydrogen-bond acceptors (Lipinski definition) is 4. The predicted molar refractivity (Wildman–Crippen MR) is 128 cm³/mol. The molecule has 32 heavy (non-hydrogen) atoms. The van der Waals surface area contributed by atoms with Gasteiger partial charge in [-0.2, -0.15) is 0 Å². The van der Waals surface area contributed by atoms with Crippen LogP contribution in [0.1, 0.15) is 36.4 Å². The van der Waals surface area contributed by atoms with Gasteiger partial charge in [-0.3, -0.25) is 4.72 Å². The summed E-state index contributed by atoms with van der Waals surface area (Å²) in [7, 11) is -3.76. The van der Waals surface area contributed by atoms with E-state index in [1.165, 1.54) is 5.56 Å². The lowest BCUT2D eigenvalue weighted by Crippen LogP contribution is -2.29. The highest BCUT2D eigenvalue weighted by molar-refractivity contribution is 7.92. The molecule has 2 N–H and O–H groups in total. The number of rotatable bonds is 6. The molecule has 1 aliphatic heterocycles. The molecule has 5 rings (SSSR count). The lowest BCUT2D eigenvalue weighted by molar-refractivity contribution is 0.342. The smallest absolute Gasteiger partial charge is 0.262 e. The molecule has 0 saturated carbocycles. The zero-order valence-corrected chi connectivity index (χ0v) is 18.7. The summed E-state index contributed by atoms with van der Waals surface area (Å²) < 4.78 is 34.7. The monoisotopic (exact) mass is 446 g/mol. The van der Waals surface area contributed by atoms with Crippen LogP contribution in [0, 0.1) is 5.92 Å². The number of anilines is 2. The summed E-state index contributed by atoms with van der Waals surface area (Å²) >= 11 is 0. The second kappa shape index (κ2) is 8.36. The third kappa shape index (κ3) is 3.75. The number of sulfonamides is 1. The van der Waals surface area contributed by atoms with Gasteiger partial charge in [0.25, 0.3) is 10.0 Å². The summed E-state index contributed by atoms with van der Waals surface area (Å²) in [4.78, 5) is 0.251. The lowest BCUT2D eigenvalue weighted by Gasteiger charge is -2.37. The van der Waals surface area contributed by atoms with Crippen LogP contribution in [0.25, 0.3) is 0 Å². The Labute approximate surface area is 189 Å². The topological polar surface area (TPSA) is 67.4 Å². The molecule has 0 aromatic heterocycles. The van der Waals surface area contributed by atoms with E-state index in [0.29, 0.717) is 24.0 Å². The maximum atomic E-state index is 13.2. The van der Waals surface area contributed by atoms with Crippen LogP contribution in [0.2, 0.25) is 0 Å². The molecule has 0 spiro atoms. The van der Waals surface area contributed by atoms with Gasteiger partial charge in [0.1, 0.15) is 5.75 Å². The van der Waals surface area contributed by atoms with Crippen molar-refractivity contribution in [1.82, 2.24) is 0 Å². The first kappa shape index (κ1) is 20.6. The number of benzene rings is 3. The minimum atomic E-state index is -3.76. The van der Waals surface area contributed by atoms with Crippen molar-refractivity contribution < 1.29 is 13.2 Å². The molecule has 0 fully saturated rings. The van der Waals surface area contributed by atoms with Gasteiger partial charge < -0.3 is 10.1 Å². The van der Waals surface area contributed by atoms with Crippen LogP contribution < -0.4 is 14.8 Å². The summed E-state index contributed by atoms with van der Waals surface area (Å²) in [6.45, 7) is 2.33. The van der Waals surface area contributed by atoms with Crippen LogP contribution in [0.15, 0.2) is 89.8 Å². The Morgan fingerprint density at radius 1 is 1.03 bits per heavy atom. The second-order valence-corrected chi connectivity index (χ2v) is 9.85. The molecule has 1 aliphatic carbocycles. The minimum absolute atomic E-state index is 0.183. The van der Waals surface area contributed by atoms with Crippen molar-refractivity contribution in [3.63, 3.8) is 0 Å². The number of fused-ring (bicyclic) bond motifs is 3. The quantitative estimate of drug-likeness (QED) is 0.476. The van der Waals surface area contributed by atoms with E-state index in [0.717, 1.165) is 17.7 Å². The SMILES string of the molecule is CCOc1ccccc1NS(=O)(=O)c1ccc2c(c1)[C@H]1C=CC[C@H]1[C@@H](c1ccccc1)N2. The molecular weight excluding hydrogens is 420 g/mol. The van der Waals surface area contributed by atoms with Crippen molar-refractivity contribution in [3.05, 3.63) is 96.1 Å². The van der Waals surface area contributed by atoms with E-state index in [4.69, 9.17) is 4.74 Å². The molecule has 0 saturated heterocycles. The van der Waals surface area contributed by atoms with Gasteiger partial charge in [-0.15, -0.1) is 0 Å². The van der Waals surface area contributed by atoms with Crippen molar-refractivity contribution in [1.29, 1.82) is 0 Å². The summed E-state index contributed by atoms with van der Waals surface area (Å²) in [5, 5.41) is 3.66. The van der Waals surface area contributed by atoms with Gasteiger partial charge in [-0.25, -0.2) is 8.42 Å². The summed E-state index contributed by atoms with van der Waals surface area (Å²) in [5.41, 5.74) is 3.70. The van der Waals surface area contributed by atoms with Crippen LogP contribution >= 0.6 is 0 Å². The number of para-hydroxylation sites is 2. The van der Waals surface area contributed by atoms with Gasteiger partial charge in [0, 0.05) is 11.6 Å². The first-order valence-corrected chi connectivity index (χ1v) is 12.4. The van der Waals surface area contributed by atoms with Gasteiger partial charge >= 0.3 is 0 Å². The van der Waals surface area contributed by atoms with E-state index >= 15 is 0 Å². The molecule has 3 aromatic rings. The Morgan fingerprint density at radius 3 is 2.62 bits per heavy atom. The summed E-state index contributed by atoms with van der Waals surface area (Å²) in [6.07, 6.45) is 5.39. The van der Waals surface area contributed by atoms with E-state index < -0.39 is 10.0 Å². The molecule has 0 bridgehead atoms. The Kier molecular flexibility index (Phi) is 5.39. The number of ether oxygens (including phenoxy) is 1. The highest BCUT2D eigenvalue weighted by Gasteiger charge is 2.38. The first-order chi connectivity index (χ1) is 15.6. The van der Waals surface area contributed by atoms with Crippen molar-refractivity contribution in [2.24, 2.45) is 5.92 Å². The number of hydrogen-bond donors (Lipinski definition) is 2. The van der Waals surface area contributed by atoms with Gasteiger partial charge in [0.05, 0.1) is 23.2 Å². The molecule has 3 aromatic carbocycles. The molecule has 6 heteroatoms. The second-order valence-electron chi connectivity index (χ2n) is 8.17. The Hall–Kier alpha value is -3.25. The largest absolute Gasteiger partial charge is 0.492 e. The van der Waals surface area contributed by atoms with E-state index in [1.54, 1.807) is 24.3 Å². The van der Waals surface area contributed by atoms with Crippen LogP contribution in [-0.2, 0) is 10.0 Å². The molecular formula is C26H26N2O3S. The van der Waals surface area contributed by atoms with Crippen molar-refractivity contribution in [2.45, 2.75) is 30.2 Å². The highest BCUT2D eigenvalue weighted by atomic mass is 32.2. The van der Waals surface area contributed by atoms with E-state index in [-0.39, 0.29) is 16.9 Å². The van der Waals surface area contributed by atoms with Crippen LogP contribution in [0.5, 0.6) is 5.75 Å². The molecule has 164 valence electrons.